The lowest BCUT2D eigenvalue weighted by molar-refractivity contribution is 0.0955. The maximum absolute atomic E-state index is 12.5. The Hall–Kier alpha value is -3.61. The van der Waals surface area contributed by atoms with Crippen molar-refractivity contribution in [3.05, 3.63) is 129 Å². The number of carbonyl (C=O) groups is 1. The van der Waals surface area contributed by atoms with Crippen LogP contribution in [0, 0.1) is 0 Å². The van der Waals surface area contributed by atoms with E-state index >= 15 is 0 Å². The molecule has 0 spiro atoms. The SMILES string of the molecule is C/C(=N\NC(=O)c1ccc(OCc2ccc(Br)cc2)cc1)c1ccc(OCc2ccc(Cl)cc2)cc1. The Kier molecular flexibility index (Phi) is 8.76. The molecule has 0 aliphatic heterocycles. The van der Waals surface area contributed by atoms with Gasteiger partial charge in [-0.15, -0.1) is 0 Å². The average molecular weight is 564 g/mol. The number of ether oxygens (including phenoxy) is 2. The fourth-order valence-corrected chi connectivity index (χ4v) is 3.64. The van der Waals surface area contributed by atoms with Crippen molar-refractivity contribution in [1.82, 2.24) is 5.43 Å². The quantitative estimate of drug-likeness (QED) is 0.170. The molecule has 0 atom stereocenters. The molecule has 0 unspecified atom stereocenters. The molecule has 1 amide bonds. The average Bonchev–Trinajstić information content (AvgIpc) is 2.91. The molecule has 4 rings (SSSR count). The third kappa shape index (κ3) is 7.44. The first-order chi connectivity index (χ1) is 17.5. The van der Waals surface area contributed by atoms with Crippen molar-refractivity contribution in [3.8, 4) is 11.5 Å². The van der Waals surface area contributed by atoms with Crippen LogP contribution in [-0.4, -0.2) is 11.6 Å². The molecule has 7 heteroatoms. The van der Waals surface area contributed by atoms with Crippen LogP contribution in [0.3, 0.4) is 0 Å². The van der Waals surface area contributed by atoms with E-state index in [4.69, 9.17) is 21.1 Å². The predicted molar refractivity (Wildman–Crippen MR) is 147 cm³/mol. The van der Waals surface area contributed by atoms with Gasteiger partial charge in [-0.25, -0.2) is 5.43 Å². The van der Waals surface area contributed by atoms with Gasteiger partial charge in [-0.2, -0.15) is 5.10 Å². The number of hydrogen-bond acceptors (Lipinski definition) is 4. The number of nitrogens with one attached hydrogen (secondary N) is 1. The van der Waals surface area contributed by atoms with Crippen LogP contribution < -0.4 is 14.9 Å². The molecule has 0 radical (unpaired) electrons. The zero-order chi connectivity index (χ0) is 25.3. The number of halogens is 2. The van der Waals surface area contributed by atoms with Gasteiger partial charge in [0, 0.05) is 15.1 Å². The lowest BCUT2D eigenvalue weighted by atomic mass is 10.1. The van der Waals surface area contributed by atoms with Crippen molar-refractivity contribution in [2.45, 2.75) is 20.1 Å². The molecule has 0 fully saturated rings. The van der Waals surface area contributed by atoms with E-state index in [-0.39, 0.29) is 5.91 Å². The lowest BCUT2D eigenvalue weighted by Gasteiger charge is -2.08. The van der Waals surface area contributed by atoms with E-state index in [2.05, 4.69) is 26.5 Å². The molecule has 0 heterocycles. The molecule has 36 heavy (non-hydrogen) atoms. The number of hydrazone groups is 1. The summed E-state index contributed by atoms with van der Waals surface area (Å²) >= 11 is 9.33. The number of rotatable bonds is 9. The Morgan fingerprint density at radius 3 is 1.75 bits per heavy atom. The summed E-state index contributed by atoms with van der Waals surface area (Å²) in [5.41, 5.74) is 6.76. The minimum absolute atomic E-state index is 0.295. The van der Waals surface area contributed by atoms with Crippen LogP contribution >= 0.6 is 27.5 Å². The van der Waals surface area contributed by atoms with E-state index in [1.54, 1.807) is 24.3 Å². The molecule has 0 aliphatic carbocycles. The predicted octanol–water partition coefficient (Wildman–Crippen LogP) is 7.41. The lowest BCUT2D eigenvalue weighted by Crippen LogP contribution is -2.19. The van der Waals surface area contributed by atoms with Gasteiger partial charge in [-0.3, -0.25) is 4.79 Å². The largest absolute Gasteiger partial charge is 0.489 e. The minimum Gasteiger partial charge on any atom is -0.489 e. The maximum Gasteiger partial charge on any atom is 0.271 e. The van der Waals surface area contributed by atoms with Crippen LogP contribution in [0.1, 0.15) is 34.0 Å². The van der Waals surface area contributed by atoms with Gasteiger partial charge in [-0.1, -0.05) is 51.8 Å². The van der Waals surface area contributed by atoms with E-state index in [9.17, 15) is 4.79 Å². The number of nitrogens with zero attached hydrogens (tertiary/aromatic N) is 1. The van der Waals surface area contributed by atoms with Crippen molar-refractivity contribution in [2.24, 2.45) is 5.10 Å². The second-order valence-electron chi connectivity index (χ2n) is 8.02. The van der Waals surface area contributed by atoms with Crippen LogP contribution in [0.5, 0.6) is 11.5 Å². The Morgan fingerprint density at radius 2 is 1.22 bits per heavy atom. The smallest absolute Gasteiger partial charge is 0.271 e. The Labute approximate surface area is 223 Å². The van der Waals surface area contributed by atoms with E-state index in [0.29, 0.717) is 35.3 Å². The van der Waals surface area contributed by atoms with Crippen molar-refractivity contribution in [3.63, 3.8) is 0 Å². The monoisotopic (exact) mass is 562 g/mol. The van der Waals surface area contributed by atoms with Crippen LogP contribution in [0.4, 0.5) is 0 Å². The summed E-state index contributed by atoms with van der Waals surface area (Å²) < 4.78 is 12.6. The summed E-state index contributed by atoms with van der Waals surface area (Å²) in [6.07, 6.45) is 0. The highest BCUT2D eigenvalue weighted by atomic mass is 79.9. The fraction of sp³-hybridized carbons (Fsp3) is 0.103. The molecule has 0 aliphatic rings. The first kappa shape index (κ1) is 25.5. The van der Waals surface area contributed by atoms with Crippen molar-refractivity contribution in [2.75, 3.05) is 0 Å². The molecule has 0 saturated carbocycles. The molecule has 0 aromatic heterocycles. The topological polar surface area (TPSA) is 59.9 Å². The standard InChI is InChI=1S/C29H24BrClN2O3/c1-20(23-6-14-27(15-7-23)36-19-22-4-12-26(31)13-5-22)32-33-29(34)24-8-16-28(17-9-24)35-18-21-2-10-25(30)11-3-21/h2-17H,18-19H2,1H3,(H,33,34)/b32-20+. The van der Waals surface area contributed by atoms with E-state index in [1.165, 1.54) is 0 Å². The highest BCUT2D eigenvalue weighted by Crippen LogP contribution is 2.18. The van der Waals surface area contributed by atoms with Crippen molar-refractivity contribution in [1.29, 1.82) is 0 Å². The van der Waals surface area contributed by atoms with Crippen molar-refractivity contribution >= 4 is 39.1 Å². The van der Waals surface area contributed by atoms with Crippen LogP contribution in [-0.2, 0) is 13.2 Å². The third-order valence-electron chi connectivity index (χ3n) is 5.35. The van der Waals surface area contributed by atoms with E-state index in [0.717, 1.165) is 26.9 Å². The molecular formula is C29H24BrClN2O3. The molecule has 4 aromatic rings. The van der Waals surface area contributed by atoms with Gasteiger partial charge in [-0.05, 0) is 96.4 Å². The number of carbonyl (C=O) groups excluding carboxylic acids is 1. The van der Waals surface area contributed by atoms with Gasteiger partial charge < -0.3 is 9.47 Å². The first-order valence-corrected chi connectivity index (χ1v) is 12.4. The highest BCUT2D eigenvalue weighted by molar-refractivity contribution is 9.10. The fourth-order valence-electron chi connectivity index (χ4n) is 3.25. The zero-order valence-corrected chi connectivity index (χ0v) is 21.9. The summed E-state index contributed by atoms with van der Waals surface area (Å²) in [5, 5.41) is 4.93. The Bertz CT molecular complexity index is 1320. The molecular weight excluding hydrogens is 540 g/mol. The van der Waals surface area contributed by atoms with Crippen LogP contribution in [0.25, 0.3) is 0 Å². The van der Waals surface area contributed by atoms with Gasteiger partial charge in [0.25, 0.3) is 5.91 Å². The number of hydrogen-bond donors (Lipinski definition) is 1. The van der Waals surface area contributed by atoms with Crippen molar-refractivity contribution < 1.29 is 14.3 Å². The molecule has 0 saturated heterocycles. The molecule has 1 N–H and O–H groups in total. The van der Waals surface area contributed by atoms with Gasteiger partial charge in [0.15, 0.2) is 0 Å². The minimum atomic E-state index is -0.295. The van der Waals surface area contributed by atoms with E-state index in [1.807, 2.05) is 79.7 Å². The van der Waals surface area contributed by atoms with Gasteiger partial charge in [0.05, 0.1) is 5.71 Å². The normalized spacial score (nSPS) is 11.1. The maximum atomic E-state index is 12.5. The summed E-state index contributed by atoms with van der Waals surface area (Å²) in [5.74, 6) is 1.14. The van der Waals surface area contributed by atoms with Gasteiger partial charge >= 0.3 is 0 Å². The highest BCUT2D eigenvalue weighted by Gasteiger charge is 2.06. The third-order valence-corrected chi connectivity index (χ3v) is 6.13. The summed E-state index contributed by atoms with van der Waals surface area (Å²) in [7, 11) is 0. The zero-order valence-electron chi connectivity index (χ0n) is 19.6. The second kappa shape index (κ2) is 12.4. The second-order valence-corrected chi connectivity index (χ2v) is 9.37. The Balaban J connectivity index is 1.27. The molecule has 5 nitrogen and oxygen atoms in total. The molecule has 182 valence electrons. The van der Waals surface area contributed by atoms with Crippen LogP contribution in [0.2, 0.25) is 5.02 Å². The number of benzene rings is 4. The number of amides is 1. The summed E-state index contributed by atoms with van der Waals surface area (Å²) in [6, 6.07) is 30.0. The van der Waals surface area contributed by atoms with Gasteiger partial charge in [0.1, 0.15) is 24.7 Å². The van der Waals surface area contributed by atoms with Gasteiger partial charge in [0.2, 0.25) is 0 Å². The Morgan fingerprint density at radius 1 is 0.750 bits per heavy atom. The van der Waals surface area contributed by atoms with E-state index < -0.39 is 0 Å². The summed E-state index contributed by atoms with van der Waals surface area (Å²) in [6.45, 7) is 2.74. The summed E-state index contributed by atoms with van der Waals surface area (Å²) in [4.78, 5) is 12.5. The molecule has 4 aromatic carbocycles. The van der Waals surface area contributed by atoms with Crippen LogP contribution in [0.15, 0.2) is 107 Å². The first-order valence-electron chi connectivity index (χ1n) is 11.3. The molecule has 0 bridgehead atoms.